The van der Waals surface area contributed by atoms with Crippen molar-refractivity contribution in [2.24, 2.45) is 7.05 Å². The van der Waals surface area contributed by atoms with Gasteiger partial charge < -0.3 is 4.57 Å². The highest BCUT2D eigenvalue weighted by Gasteiger charge is 2.30. The second-order valence-electron chi connectivity index (χ2n) is 3.96. The van der Waals surface area contributed by atoms with Gasteiger partial charge in [0.15, 0.2) is 5.43 Å². The molecule has 0 spiro atoms. The first-order valence-corrected chi connectivity index (χ1v) is 5.63. The first kappa shape index (κ1) is 13.0. The zero-order valence-electron chi connectivity index (χ0n) is 9.38. The zero-order chi connectivity index (χ0) is 13.5. The molecule has 0 N–H and O–H groups in total. The molecule has 0 amide bonds. The summed E-state index contributed by atoms with van der Waals surface area (Å²) in [5.41, 5.74) is -0.495. The number of rotatable bonds is 1. The average Bonchev–Trinajstić information content (AvgIpc) is 2.32. The van der Waals surface area contributed by atoms with E-state index in [2.05, 4.69) is 0 Å². The van der Waals surface area contributed by atoms with Crippen molar-refractivity contribution in [1.29, 1.82) is 0 Å². The molecule has 18 heavy (non-hydrogen) atoms. The van der Waals surface area contributed by atoms with Gasteiger partial charge in [-0.1, -0.05) is 0 Å². The van der Waals surface area contributed by atoms with Crippen molar-refractivity contribution in [2.45, 2.75) is 12.1 Å². The fourth-order valence-corrected chi connectivity index (χ4v) is 2.01. The zero-order valence-corrected chi connectivity index (χ0v) is 10.1. The van der Waals surface area contributed by atoms with Crippen LogP contribution in [-0.4, -0.2) is 4.57 Å². The standard InChI is InChI=1S/C12H9ClF3NO/c1-17-6-7(5-13)11(18)9-3-2-8(4-10(9)17)12(14,15)16/h2-4,6H,5H2,1H3. The Bertz CT molecular complexity index is 661. The Hall–Kier alpha value is -1.49. The molecule has 0 aliphatic rings. The molecule has 0 aliphatic heterocycles. The quantitative estimate of drug-likeness (QED) is 0.732. The van der Waals surface area contributed by atoms with E-state index >= 15 is 0 Å². The van der Waals surface area contributed by atoms with Gasteiger partial charge in [-0.3, -0.25) is 4.79 Å². The van der Waals surface area contributed by atoms with Crippen LogP contribution in [0.1, 0.15) is 11.1 Å². The van der Waals surface area contributed by atoms with Crippen LogP contribution in [-0.2, 0) is 19.1 Å². The van der Waals surface area contributed by atoms with Crippen LogP contribution in [0.15, 0.2) is 29.2 Å². The molecule has 1 heterocycles. The number of halogens is 4. The van der Waals surface area contributed by atoms with Crippen LogP contribution in [0.3, 0.4) is 0 Å². The first-order valence-electron chi connectivity index (χ1n) is 5.10. The van der Waals surface area contributed by atoms with Crippen molar-refractivity contribution >= 4 is 22.5 Å². The number of aryl methyl sites for hydroxylation is 1. The fraction of sp³-hybridized carbons (Fsp3) is 0.250. The Morgan fingerprint density at radius 1 is 1.33 bits per heavy atom. The van der Waals surface area contributed by atoms with Crippen molar-refractivity contribution < 1.29 is 13.2 Å². The van der Waals surface area contributed by atoms with Gasteiger partial charge in [0.2, 0.25) is 0 Å². The van der Waals surface area contributed by atoms with E-state index in [0.29, 0.717) is 5.56 Å². The number of aromatic nitrogens is 1. The van der Waals surface area contributed by atoms with Gasteiger partial charge in [-0.05, 0) is 18.2 Å². The van der Waals surface area contributed by atoms with Gasteiger partial charge in [0.1, 0.15) is 0 Å². The largest absolute Gasteiger partial charge is 0.416 e. The molecule has 1 aromatic carbocycles. The van der Waals surface area contributed by atoms with E-state index in [1.165, 1.54) is 16.8 Å². The predicted octanol–water partition coefficient (Wildman–Crippen LogP) is 3.30. The molecule has 96 valence electrons. The lowest BCUT2D eigenvalue weighted by Crippen LogP contribution is -2.13. The Labute approximate surface area is 106 Å². The number of nitrogens with zero attached hydrogens (tertiary/aromatic N) is 1. The summed E-state index contributed by atoms with van der Waals surface area (Å²) in [5, 5.41) is 0.239. The van der Waals surface area contributed by atoms with Gasteiger partial charge in [0, 0.05) is 24.2 Å². The van der Waals surface area contributed by atoms with Crippen molar-refractivity contribution in [3.63, 3.8) is 0 Å². The third-order valence-electron chi connectivity index (χ3n) is 2.73. The van der Waals surface area contributed by atoms with Crippen molar-refractivity contribution in [2.75, 3.05) is 0 Å². The Morgan fingerprint density at radius 2 is 2.00 bits per heavy atom. The minimum Gasteiger partial charge on any atom is -0.350 e. The topological polar surface area (TPSA) is 22.0 Å². The lowest BCUT2D eigenvalue weighted by molar-refractivity contribution is -0.137. The molecular formula is C12H9ClF3NO. The molecule has 2 aromatic rings. The molecule has 0 unspecified atom stereocenters. The molecule has 0 saturated heterocycles. The SMILES string of the molecule is Cn1cc(CCl)c(=O)c2ccc(C(F)(F)F)cc21. The van der Waals surface area contributed by atoms with Gasteiger partial charge in [0.25, 0.3) is 0 Å². The second kappa shape index (κ2) is 4.31. The maximum atomic E-state index is 12.6. The van der Waals surface area contributed by atoms with Gasteiger partial charge >= 0.3 is 6.18 Å². The van der Waals surface area contributed by atoms with E-state index in [4.69, 9.17) is 11.6 Å². The average molecular weight is 276 g/mol. The van der Waals surface area contributed by atoms with Crippen molar-refractivity contribution in [3.8, 4) is 0 Å². The summed E-state index contributed by atoms with van der Waals surface area (Å²) >= 11 is 5.62. The molecule has 0 aliphatic carbocycles. The number of fused-ring (bicyclic) bond motifs is 1. The summed E-state index contributed by atoms with van der Waals surface area (Å²) in [6.07, 6.45) is -2.97. The lowest BCUT2D eigenvalue weighted by Gasteiger charge is -2.11. The molecule has 6 heteroatoms. The molecule has 1 aromatic heterocycles. The van der Waals surface area contributed by atoms with Gasteiger partial charge in [0.05, 0.1) is 17.0 Å². The van der Waals surface area contributed by atoms with Crippen LogP contribution in [0.25, 0.3) is 10.9 Å². The molecule has 2 nitrogen and oxygen atoms in total. The fourth-order valence-electron chi connectivity index (χ4n) is 1.82. The highest BCUT2D eigenvalue weighted by molar-refractivity contribution is 6.17. The Morgan fingerprint density at radius 3 is 2.56 bits per heavy atom. The Kier molecular flexibility index (Phi) is 3.11. The normalized spacial score (nSPS) is 12.1. The van der Waals surface area contributed by atoms with Crippen molar-refractivity contribution in [1.82, 2.24) is 4.57 Å². The maximum absolute atomic E-state index is 12.6. The monoisotopic (exact) mass is 275 g/mol. The number of alkyl halides is 4. The summed E-state index contributed by atoms with van der Waals surface area (Å²) in [6, 6.07) is 3.06. The van der Waals surface area contributed by atoms with Crippen LogP contribution >= 0.6 is 11.6 Å². The first-order chi connectivity index (χ1) is 8.34. The summed E-state index contributed by atoms with van der Waals surface area (Å²) in [5.74, 6) is 0.0314. The molecule has 0 atom stereocenters. The summed E-state index contributed by atoms with van der Waals surface area (Å²) in [4.78, 5) is 11.9. The summed E-state index contributed by atoms with van der Waals surface area (Å²) < 4.78 is 39.2. The molecule has 0 saturated carbocycles. The smallest absolute Gasteiger partial charge is 0.350 e. The van der Waals surface area contributed by atoms with Gasteiger partial charge in [-0.15, -0.1) is 11.6 Å². The summed E-state index contributed by atoms with van der Waals surface area (Å²) in [7, 11) is 1.58. The van der Waals surface area contributed by atoms with E-state index in [0.717, 1.165) is 12.1 Å². The molecule has 2 rings (SSSR count). The second-order valence-corrected chi connectivity index (χ2v) is 4.22. The molecule has 0 fully saturated rings. The third-order valence-corrected chi connectivity index (χ3v) is 3.02. The van der Waals surface area contributed by atoms with Crippen molar-refractivity contribution in [3.05, 3.63) is 45.7 Å². The minimum atomic E-state index is -4.42. The maximum Gasteiger partial charge on any atom is 0.416 e. The number of hydrogen-bond donors (Lipinski definition) is 0. The van der Waals surface area contributed by atoms with E-state index in [1.54, 1.807) is 7.05 Å². The molecule has 0 radical (unpaired) electrons. The Balaban J connectivity index is 2.81. The minimum absolute atomic E-state index is 0.0314. The van der Waals surface area contributed by atoms with E-state index in [1.807, 2.05) is 0 Å². The van der Waals surface area contributed by atoms with Gasteiger partial charge in [-0.2, -0.15) is 13.2 Å². The van der Waals surface area contributed by atoms with E-state index < -0.39 is 11.7 Å². The van der Waals surface area contributed by atoms with Crippen LogP contribution in [0, 0.1) is 0 Å². The van der Waals surface area contributed by atoms with E-state index in [9.17, 15) is 18.0 Å². The molecular weight excluding hydrogens is 267 g/mol. The third kappa shape index (κ3) is 2.10. The van der Waals surface area contributed by atoms with Crippen LogP contribution in [0.4, 0.5) is 13.2 Å². The highest BCUT2D eigenvalue weighted by Crippen LogP contribution is 2.30. The lowest BCUT2D eigenvalue weighted by atomic mass is 10.1. The van der Waals surface area contributed by atoms with Crippen LogP contribution in [0.5, 0.6) is 0 Å². The number of benzene rings is 1. The number of hydrogen-bond acceptors (Lipinski definition) is 1. The highest BCUT2D eigenvalue weighted by atomic mass is 35.5. The van der Waals surface area contributed by atoms with Crippen LogP contribution in [0.2, 0.25) is 0 Å². The van der Waals surface area contributed by atoms with E-state index in [-0.39, 0.29) is 22.2 Å². The van der Waals surface area contributed by atoms with Crippen LogP contribution < -0.4 is 5.43 Å². The molecule has 0 bridgehead atoms. The predicted molar refractivity (Wildman–Crippen MR) is 63.7 cm³/mol. The number of pyridine rings is 1. The summed E-state index contributed by atoms with van der Waals surface area (Å²) in [6.45, 7) is 0. The van der Waals surface area contributed by atoms with Gasteiger partial charge in [-0.25, -0.2) is 0 Å².